The molecule has 2 aliphatic rings. The fourth-order valence-corrected chi connectivity index (χ4v) is 5.42. The van der Waals surface area contributed by atoms with Gasteiger partial charge in [0.25, 0.3) is 0 Å². The predicted octanol–water partition coefficient (Wildman–Crippen LogP) is 3.72. The molecule has 0 bridgehead atoms. The van der Waals surface area contributed by atoms with Crippen LogP contribution in [0.3, 0.4) is 0 Å². The number of aromatic nitrogens is 1. The first kappa shape index (κ1) is 23.0. The summed E-state index contributed by atoms with van der Waals surface area (Å²) in [4.78, 5) is 42.4. The van der Waals surface area contributed by atoms with Gasteiger partial charge in [-0.25, -0.2) is 9.59 Å². The zero-order chi connectivity index (χ0) is 24.4. The number of ether oxygens (including phenoxy) is 1. The van der Waals surface area contributed by atoms with Crippen LogP contribution in [-0.4, -0.2) is 46.2 Å². The Morgan fingerprint density at radius 1 is 1.09 bits per heavy atom. The SMILES string of the molecule is O=C(NC(Cc1cncs1)C(=O)NC1(C(=O)O)CCC1)OCC1c2ccccc2-c2ccccc21. The van der Waals surface area contributed by atoms with Crippen LogP contribution in [0.1, 0.15) is 41.2 Å². The molecule has 9 heteroatoms. The van der Waals surface area contributed by atoms with Gasteiger partial charge in [0.15, 0.2) is 0 Å². The lowest BCUT2D eigenvalue weighted by molar-refractivity contribution is -0.152. The molecule has 2 aliphatic carbocycles. The number of alkyl carbamates (subject to hydrolysis) is 1. The fraction of sp³-hybridized carbons (Fsp3) is 0.308. The molecule has 1 aromatic heterocycles. The van der Waals surface area contributed by atoms with Crippen molar-refractivity contribution in [3.05, 3.63) is 76.2 Å². The molecule has 3 aromatic rings. The second-order valence-electron chi connectivity index (χ2n) is 8.92. The molecule has 0 spiro atoms. The molecule has 8 nitrogen and oxygen atoms in total. The number of carbonyl (C=O) groups excluding carboxylic acids is 2. The Morgan fingerprint density at radius 2 is 1.74 bits per heavy atom. The third-order valence-corrected chi connectivity index (χ3v) is 7.62. The van der Waals surface area contributed by atoms with E-state index in [9.17, 15) is 19.5 Å². The summed E-state index contributed by atoms with van der Waals surface area (Å²) < 4.78 is 5.60. The minimum Gasteiger partial charge on any atom is -0.480 e. The van der Waals surface area contributed by atoms with Crippen LogP contribution in [0.4, 0.5) is 4.79 Å². The number of aliphatic carboxylic acids is 1. The van der Waals surface area contributed by atoms with Crippen LogP contribution in [-0.2, 0) is 20.7 Å². The monoisotopic (exact) mass is 491 g/mol. The van der Waals surface area contributed by atoms with Crippen LogP contribution in [0.25, 0.3) is 11.1 Å². The van der Waals surface area contributed by atoms with Crippen molar-refractivity contribution >= 4 is 29.3 Å². The number of nitrogens with zero attached hydrogens (tertiary/aromatic N) is 1. The van der Waals surface area contributed by atoms with Gasteiger partial charge in [-0.3, -0.25) is 9.78 Å². The quantitative estimate of drug-likeness (QED) is 0.442. The number of nitrogens with one attached hydrogen (secondary N) is 2. The molecular weight excluding hydrogens is 466 g/mol. The molecule has 35 heavy (non-hydrogen) atoms. The number of benzene rings is 2. The number of carbonyl (C=O) groups is 3. The molecule has 3 N–H and O–H groups in total. The van der Waals surface area contributed by atoms with Crippen molar-refractivity contribution in [2.24, 2.45) is 0 Å². The highest BCUT2D eigenvalue weighted by Crippen LogP contribution is 2.44. The maximum absolute atomic E-state index is 13.0. The second-order valence-corrected chi connectivity index (χ2v) is 9.90. The van der Waals surface area contributed by atoms with E-state index in [0.29, 0.717) is 12.8 Å². The lowest BCUT2D eigenvalue weighted by Gasteiger charge is -2.39. The molecule has 1 saturated carbocycles. The van der Waals surface area contributed by atoms with E-state index in [1.54, 1.807) is 11.7 Å². The lowest BCUT2D eigenvalue weighted by Crippen LogP contribution is -2.63. The van der Waals surface area contributed by atoms with E-state index in [1.807, 2.05) is 36.4 Å². The summed E-state index contributed by atoms with van der Waals surface area (Å²) in [5.41, 5.74) is 4.80. The molecule has 180 valence electrons. The Morgan fingerprint density at radius 3 is 2.29 bits per heavy atom. The number of amides is 2. The van der Waals surface area contributed by atoms with Gasteiger partial charge in [-0.05, 0) is 41.5 Å². The largest absolute Gasteiger partial charge is 0.480 e. The Hall–Kier alpha value is -3.72. The van der Waals surface area contributed by atoms with Gasteiger partial charge in [-0.2, -0.15) is 0 Å². The molecule has 1 heterocycles. The smallest absolute Gasteiger partial charge is 0.407 e. The number of carboxylic acid groups (broad SMARTS) is 1. The molecular formula is C26H25N3O5S. The molecule has 5 rings (SSSR count). The topological polar surface area (TPSA) is 118 Å². The normalized spacial score (nSPS) is 16.3. The summed E-state index contributed by atoms with van der Waals surface area (Å²) in [6.07, 6.45) is 2.55. The Balaban J connectivity index is 1.28. The van der Waals surface area contributed by atoms with E-state index < -0.39 is 29.6 Å². The minimum atomic E-state index is -1.27. The maximum Gasteiger partial charge on any atom is 0.407 e. The first-order valence-electron chi connectivity index (χ1n) is 11.5. The maximum atomic E-state index is 13.0. The number of carboxylic acids is 1. The molecule has 1 atom stereocenters. The number of rotatable bonds is 8. The van der Waals surface area contributed by atoms with Gasteiger partial charge in [0, 0.05) is 23.4 Å². The van der Waals surface area contributed by atoms with Crippen LogP contribution >= 0.6 is 11.3 Å². The molecule has 1 fully saturated rings. The highest BCUT2D eigenvalue weighted by molar-refractivity contribution is 7.09. The minimum absolute atomic E-state index is 0.104. The molecule has 2 amide bonds. The summed E-state index contributed by atoms with van der Waals surface area (Å²) in [6, 6.07) is 15.1. The number of fused-ring (bicyclic) bond motifs is 3. The third kappa shape index (κ3) is 4.51. The van der Waals surface area contributed by atoms with E-state index in [-0.39, 0.29) is 18.9 Å². The third-order valence-electron chi connectivity index (χ3n) is 6.82. The van der Waals surface area contributed by atoms with Gasteiger partial charge in [-0.1, -0.05) is 48.5 Å². The van der Waals surface area contributed by atoms with E-state index >= 15 is 0 Å². The Labute approximate surface area is 206 Å². The number of thiazole rings is 1. The van der Waals surface area contributed by atoms with Crippen LogP contribution in [0.5, 0.6) is 0 Å². The predicted molar refractivity (Wildman–Crippen MR) is 130 cm³/mol. The van der Waals surface area contributed by atoms with Crippen LogP contribution < -0.4 is 10.6 Å². The van der Waals surface area contributed by atoms with Gasteiger partial charge in [0.05, 0.1) is 5.51 Å². The first-order valence-corrected chi connectivity index (χ1v) is 12.4. The Kier molecular flexibility index (Phi) is 6.25. The zero-order valence-corrected chi connectivity index (χ0v) is 19.7. The lowest BCUT2D eigenvalue weighted by atomic mass is 9.76. The molecule has 0 radical (unpaired) electrons. The van der Waals surface area contributed by atoms with Crippen LogP contribution in [0.15, 0.2) is 60.2 Å². The van der Waals surface area contributed by atoms with Crippen molar-refractivity contribution in [2.45, 2.75) is 43.2 Å². The van der Waals surface area contributed by atoms with Crippen molar-refractivity contribution in [1.82, 2.24) is 15.6 Å². The van der Waals surface area contributed by atoms with Crippen LogP contribution in [0, 0.1) is 0 Å². The standard InChI is InChI=1S/C26H25N3O5S/c30-23(29-26(24(31)32)10-5-11-26)22(12-16-13-27-15-35-16)28-25(33)34-14-21-19-8-3-1-6-17(19)18-7-2-4-9-20(18)21/h1-4,6-9,13,15,21-22H,5,10-12,14H2,(H,28,33)(H,29,30)(H,31,32). The van der Waals surface area contributed by atoms with E-state index in [1.165, 1.54) is 11.3 Å². The molecule has 2 aromatic carbocycles. The van der Waals surface area contributed by atoms with Gasteiger partial charge in [-0.15, -0.1) is 11.3 Å². The molecule has 0 aliphatic heterocycles. The average molecular weight is 492 g/mol. The molecule has 1 unspecified atom stereocenters. The van der Waals surface area contributed by atoms with Gasteiger partial charge in [0.2, 0.25) is 5.91 Å². The first-order chi connectivity index (χ1) is 17.0. The average Bonchev–Trinajstić information content (AvgIpc) is 3.45. The van der Waals surface area contributed by atoms with Gasteiger partial charge >= 0.3 is 12.1 Å². The zero-order valence-electron chi connectivity index (χ0n) is 18.9. The summed E-state index contributed by atoms with van der Waals surface area (Å²) in [6.45, 7) is 0.119. The van der Waals surface area contributed by atoms with Crippen molar-refractivity contribution in [1.29, 1.82) is 0 Å². The summed E-state index contributed by atoms with van der Waals surface area (Å²) in [7, 11) is 0. The summed E-state index contributed by atoms with van der Waals surface area (Å²) in [5, 5.41) is 14.9. The van der Waals surface area contributed by atoms with E-state index in [0.717, 1.165) is 33.6 Å². The molecule has 0 saturated heterocycles. The van der Waals surface area contributed by atoms with Crippen molar-refractivity contribution < 1.29 is 24.2 Å². The van der Waals surface area contributed by atoms with Gasteiger partial charge in [0.1, 0.15) is 18.2 Å². The Bertz CT molecular complexity index is 1210. The fourth-order valence-electron chi connectivity index (χ4n) is 4.78. The summed E-state index contributed by atoms with van der Waals surface area (Å²) >= 11 is 1.36. The van der Waals surface area contributed by atoms with E-state index in [4.69, 9.17) is 4.74 Å². The summed E-state index contributed by atoms with van der Waals surface area (Å²) in [5.74, 6) is -1.71. The van der Waals surface area contributed by atoms with Crippen molar-refractivity contribution in [3.63, 3.8) is 0 Å². The highest BCUT2D eigenvalue weighted by Gasteiger charge is 2.46. The van der Waals surface area contributed by atoms with Crippen LogP contribution in [0.2, 0.25) is 0 Å². The second kappa shape index (κ2) is 9.50. The number of hydrogen-bond donors (Lipinski definition) is 3. The van der Waals surface area contributed by atoms with Gasteiger partial charge < -0.3 is 20.5 Å². The van der Waals surface area contributed by atoms with Crippen molar-refractivity contribution in [3.8, 4) is 11.1 Å². The van der Waals surface area contributed by atoms with Crippen molar-refractivity contribution in [2.75, 3.05) is 6.61 Å². The highest BCUT2D eigenvalue weighted by atomic mass is 32.1. The number of hydrogen-bond acceptors (Lipinski definition) is 6. The van der Waals surface area contributed by atoms with E-state index in [2.05, 4.69) is 27.8 Å².